The number of hydrogen-bond donors (Lipinski definition) is 1. The van der Waals surface area contributed by atoms with Crippen LogP contribution in [0.2, 0.25) is 0 Å². The maximum atomic E-state index is 12.4. The van der Waals surface area contributed by atoms with Gasteiger partial charge in [-0.05, 0) is 87.9 Å². The summed E-state index contributed by atoms with van der Waals surface area (Å²) in [5.74, 6) is 2.65. The van der Waals surface area contributed by atoms with Gasteiger partial charge in [-0.2, -0.15) is 5.26 Å². The minimum Gasteiger partial charge on any atom is -0.334 e. The molecule has 0 aromatic heterocycles. The Morgan fingerprint density at radius 1 is 1.14 bits per heavy atom. The standard InChI is InChI=1S/C19H26N2O/c1-13(5-17(22)21-19(12-20)3-2-4-19)18-9-14-6-15(10-18)8-16(7-14)11-18/h5,14-16H,2-4,6-11H2,1H3,(H,21,22)/b13-5-. The lowest BCUT2D eigenvalue weighted by atomic mass is 9.48. The quantitative estimate of drug-likeness (QED) is 0.807. The third-order valence-corrected chi connectivity index (χ3v) is 7.01. The Morgan fingerprint density at radius 3 is 2.09 bits per heavy atom. The molecule has 0 aromatic rings. The molecule has 22 heavy (non-hydrogen) atoms. The maximum absolute atomic E-state index is 12.4. The summed E-state index contributed by atoms with van der Waals surface area (Å²) in [4.78, 5) is 12.4. The fourth-order valence-corrected chi connectivity index (χ4v) is 6.01. The molecule has 0 aliphatic heterocycles. The van der Waals surface area contributed by atoms with Gasteiger partial charge in [-0.25, -0.2) is 0 Å². The zero-order chi connectivity index (χ0) is 15.4. The predicted octanol–water partition coefficient (Wildman–Crippen LogP) is 3.71. The van der Waals surface area contributed by atoms with Crippen molar-refractivity contribution in [3.63, 3.8) is 0 Å². The smallest absolute Gasteiger partial charge is 0.245 e. The number of carbonyl (C=O) groups is 1. The van der Waals surface area contributed by atoms with E-state index in [1.54, 1.807) is 0 Å². The average molecular weight is 298 g/mol. The van der Waals surface area contributed by atoms with Gasteiger partial charge in [0.1, 0.15) is 5.54 Å². The van der Waals surface area contributed by atoms with E-state index in [1.165, 1.54) is 44.1 Å². The number of amides is 1. The highest BCUT2D eigenvalue weighted by atomic mass is 16.1. The van der Waals surface area contributed by atoms with Crippen molar-refractivity contribution >= 4 is 5.91 Å². The largest absolute Gasteiger partial charge is 0.334 e. The third-order valence-electron chi connectivity index (χ3n) is 7.01. The molecule has 3 heteroatoms. The van der Waals surface area contributed by atoms with Crippen LogP contribution in [0.25, 0.3) is 0 Å². The van der Waals surface area contributed by atoms with E-state index in [2.05, 4.69) is 18.3 Å². The van der Waals surface area contributed by atoms with Gasteiger partial charge in [-0.3, -0.25) is 4.79 Å². The number of rotatable bonds is 3. The van der Waals surface area contributed by atoms with E-state index in [9.17, 15) is 10.1 Å². The first kappa shape index (κ1) is 14.3. The summed E-state index contributed by atoms with van der Waals surface area (Å²) in [7, 11) is 0. The predicted molar refractivity (Wildman–Crippen MR) is 84.7 cm³/mol. The molecular formula is C19H26N2O. The molecule has 0 aromatic carbocycles. The van der Waals surface area contributed by atoms with Gasteiger partial charge in [-0.15, -0.1) is 0 Å². The van der Waals surface area contributed by atoms with E-state index in [4.69, 9.17) is 0 Å². The van der Waals surface area contributed by atoms with Crippen molar-refractivity contribution in [1.29, 1.82) is 5.26 Å². The topological polar surface area (TPSA) is 52.9 Å². The highest BCUT2D eigenvalue weighted by Gasteiger charge is 2.51. The first-order chi connectivity index (χ1) is 10.5. The van der Waals surface area contributed by atoms with Gasteiger partial charge in [-0.1, -0.05) is 5.57 Å². The lowest BCUT2D eigenvalue weighted by Gasteiger charge is -2.57. The molecule has 3 nitrogen and oxygen atoms in total. The Kier molecular flexibility index (Phi) is 3.15. The lowest BCUT2D eigenvalue weighted by molar-refractivity contribution is -0.118. The average Bonchev–Trinajstić information content (AvgIpc) is 2.41. The maximum Gasteiger partial charge on any atom is 0.245 e. The summed E-state index contributed by atoms with van der Waals surface area (Å²) in [6.45, 7) is 2.16. The molecule has 5 rings (SSSR count). The van der Waals surface area contributed by atoms with E-state index in [-0.39, 0.29) is 5.91 Å². The molecule has 5 saturated carbocycles. The highest BCUT2D eigenvalue weighted by molar-refractivity contribution is 5.89. The monoisotopic (exact) mass is 298 g/mol. The minimum absolute atomic E-state index is 0.0468. The summed E-state index contributed by atoms with van der Waals surface area (Å²) in [5.41, 5.74) is 0.998. The Labute approximate surface area is 133 Å². The van der Waals surface area contributed by atoms with Crippen LogP contribution >= 0.6 is 0 Å². The van der Waals surface area contributed by atoms with E-state index in [1.807, 2.05) is 6.08 Å². The molecule has 1 amide bonds. The number of nitrogens with zero attached hydrogens (tertiary/aromatic N) is 1. The SMILES string of the molecule is C/C(=C/C(=O)NC1(C#N)CCC1)C12CC3CC(CC(C3)C1)C2. The van der Waals surface area contributed by atoms with Gasteiger partial charge < -0.3 is 5.32 Å². The van der Waals surface area contributed by atoms with Crippen LogP contribution in [0.3, 0.4) is 0 Å². The molecule has 0 saturated heterocycles. The van der Waals surface area contributed by atoms with Crippen LogP contribution in [0.5, 0.6) is 0 Å². The molecule has 0 heterocycles. The minimum atomic E-state index is -0.574. The van der Waals surface area contributed by atoms with Crippen molar-refractivity contribution in [1.82, 2.24) is 5.32 Å². The van der Waals surface area contributed by atoms with Gasteiger partial charge in [0, 0.05) is 6.08 Å². The van der Waals surface area contributed by atoms with Crippen LogP contribution in [0.4, 0.5) is 0 Å². The molecule has 0 radical (unpaired) electrons. The van der Waals surface area contributed by atoms with Gasteiger partial charge in [0.25, 0.3) is 0 Å². The van der Waals surface area contributed by atoms with Crippen molar-refractivity contribution in [2.24, 2.45) is 23.2 Å². The van der Waals surface area contributed by atoms with Crippen molar-refractivity contribution in [2.45, 2.75) is 70.3 Å². The number of hydrogen-bond acceptors (Lipinski definition) is 2. The fourth-order valence-electron chi connectivity index (χ4n) is 6.01. The molecule has 0 spiro atoms. The second-order valence-corrected chi connectivity index (χ2v) is 8.56. The number of carbonyl (C=O) groups excluding carboxylic acids is 1. The van der Waals surface area contributed by atoms with Crippen molar-refractivity contribution < 1.29 is 4.79 Å². The summed E-state index contributed by atoms with van der Waals surface area (Å²) in [6.07, 6.45) is 12.6. The summed E-state index contributed by atoms with van der Waals surface area (Å²) in [6, 6.07) is 2.29. The highest BCUT2D eigenvalue weighted by Crippen LogP contribution is 2.62. The third kappa shape index (κ3) is 2.19. The zero-order valence-corrected chi connectivity index (χ0v) is 13.5. The number of allylic oxidation sites excluding steroid dienone is 1. The first-order valence-corrected chi connectivity index (χ1v) is 8.95. The Morgan fingerprint density at radius 2 is 1.68 bits per heavy atom. The van der Waals surface area contributed by atoms with Gasteiger partial charge in [0.05, 0.1) is 6.07 Å². The van der Waals surface area contributed by atoms with Gasteiger partial charge in [0.15, 0.2) is 0 Å². The molecule has 5 aliphatic rings. The van der Waals surface area contributed by atoms with Crippen molar-refractivity contribution in [3.05, 3.63) is 11.6 Å². The Balaban J connectivity index is 1.50. The fraction of sp³-hybridized carbons (Fsp3) is 0.789. The van der Waals surface area contributed by atoms with Crippen LogP contribution in [-0.2, 0) is 4.79 Å². The summed E-state index contributed by atoms with van der Waals surface area (Å²) < 4.78 is 0. The van der Waals surface area contributed by atoms with E-state index in [0.29, 0.717) is 5.41 Å². The van der Waals surface area contributed by atoms with Crippen LogP contribution in [0.1, 0.15) is 64.7 Å². The second-order valence-electron chi connectivity index (χ2n) is 8.56. The first-order valence-electron chi connectivity index (χ1n) is 8.95. The van der Waals surface area contributed by atoms with Crippen molar-refractivity contribution in [3.8, 4) is 6.07 Å². The number of nitrogens with one attached hydrogen (secondary N) is 1. The second kappa shape index (κ2) is 4.85. The molecule has 5 fully saturated rings. The molecule has 4 bridgehead atoms. The lowest BCUT2D eigenvalue weighted by Crippen LogP contribution is -2.52. The molecular weight excluding hydrogens is 272 g/mol. The van der Waals surface area contributed by atoms with Crippen LogP contribution in [0.15, 0.2) is 11.6 Å². The molecule has 1 N–H and O–H groups in total. The van der Waals surface area contributed by atoms with E-state index in [0.717, 1.165) is 37.0 Å². The molecule has 5 aliphatic carbocycles. The number of nitriles is 1. The normalized spacial score (nSPS) is 41.6. The van der Waals surface area contributed by atoms with Crippen LogP contribution in [-0.4, -0.2) is 11.4 Å². The Bertz CT molecular complexity index is 529. The van der Waals surface area contributed by atoms with Crippen LogP contribution in [0, 0.1) is 34.5 Å². The molecule has 0 atom stereocenters. The Hall–Kier alpha value is -1.30. The van der Waals surface area contributed by atoms with E-state index >= 15 is 0 Å². The van der Waals surface area contributed by atoms with Gasteiger partial charge >= 0.3 is 0 Å². The molecule has 0 unspecified atom stereocenters. The summed E-state index contributed by atoms with van der Waals surface area (Å²) in [5, 5.41) is 12.2. The molecule has 118 valence electrons. The van der Waals surface area contributed by atoms with E-state index < -0.39 is 5.54 Å². The van der Waals surface area contributed by atoms with Crippen molar-refractivity contribution in [2.75, 3.05) is 0 Å². The van der Waals surface area contributed by atoms with Gasteiger partial charge in [0.2, 0.25) is 5.91 Å². The van der Waals surface area contributed by atoms with Crippen LogP contribution < -0.4 is 5.32 Å². The zero-order valence-electron chi connectivity index (χ0n) is 13.5. The summed E-state index contributed by atoms with van der Waals surface area (Å²) >= 11 is 0.